The van der Waals surface area contributed by atoms with Crippen LogP contribution in [0.1, 0.15) is 21.5 Å². The second-order valence-corrected chi connectivity index (χ2v) is 8.47. The van der Waals surface area contributed by atoms with Crippen LogP contribution in [0.5, 0.6) is 0 Å². The summed E-state index contributed by atoms with van der Waals surface area (Å²) in [5.74, 6) is 1.07. The van der Waals surface area contributed by atoms with Crippen LogP contribution in [0.15, 0.2) is 83.6 Å². The molecule has 174 valence electrons. The zero-order valence-corrected chi connectivity index (χ0v) is 20.3. The first kappa shape index (κ1) is 23.9. The monoisotopic (exact) mass is 527 g/mol. The highest BCUT2D eigenvalue weighted by atomic mass is 79.9. The van der Waals surface area contributed by atoms with Gasteiger partial charge in [0.2, 0.25) is 5.95 Å². The smallest absolute Gasteiger partial charge is 0.251 e. The Morgan fingerprint density at radius 1 is 0.971 bits per heavy atom. The first-order chi connectivity index (χ1) is 17.1. The van der Waals surface area contributed by atoms with E-state index >= 15 is 0 Å². The number of nitrogens with one attached hydrogen (secondary N) is 3. The molecule has 4 aromatic rings. The Morgan fingerprint density at radius 3 is 2.54 bits per heavy atom. The summed E-state index contributed by atoms with van der Waals surface area (Å²) in [5.41, 5.74) is 3.77. The molecule has 0 saturated carbocycles. The predicted molar refractivity (Wildman–Crippen MR) is 139 cm³/mol. The van der Waals surface area contributed by atoms with Gasteiger partial charge < -0.3 is 16.0 Å². The molecule has 0 saturated heterocycles. The average molecular weight is 528 g/mol. The molecule has 0 fully saturated rings. The van der Waals surface area contributed by atoms with E-state index in [4.69, 9.17) is 5.26 Å². The molecule has 2 aromatic heterocycles. The molecule has 0 bridgehead atoms. The van der Waals surface area contributed by atoms with E-state index in [0.29, 0.717) is 42.5 Å². The molecule has 0 atom stereocenters. The summed E-state index contributed by atoms with van der Waals surface area (Å²) in [6.07, 6.45) is 3.22. The van der Waals surface area contributed by atoms with E-state index in [9.17, 15) is 4.79 Å². The Labute approximate surface area is 211 Å². The SMILES string of the molecule is N#Cc1ccc(NCCNc2nccc(-c3ccc(C(=O)NCc4cccc(Br)c4)cc3)n2)nc1. The molecule has 9 heteroatoms. The van der Waals surface area contributed by atoms with Crippen molar-refractivity contribution in [2.45, 2.75) is 6.54 Å². The topological polar surface area (TPSA) is 116 Å². The quantitative estimate of drug-likeness (QED) is 0.272. The van der Waals surface area contributed by atoms with E-state index in [0.717, 1.165) is 21.3 Å². The number of anilines is 2. The number of hydrogen-bond donors (Lipinski definition) is 3. The van der Waals surface area contributed by atoms with E-state index in [1.807, 2.05) is 48.5 Å². The molecule has 0 aliphatic carbocycles. The highest BCUT2D eigenvalue weighted by Crippen LogP contribution is 2.19. The zero-order chi connectivity index (χ0) is 24.5. The van der Waals surface area contributed by atoms with E-state index < -0.39 is 0 Å². The van der Waals surface area contributed by atoms with Crippen molar-refractivity contribution in [1.29, 1.82) is 5.26 Å². The average Bonchev–Trinajstić information content (AvgIpc) is 2.90. The van der Waals surface area contributed by atoms with Crippen LogP contribution < -0.4 is 16.0 Å². The number of benzene rings is 2. The van der Waals surface area contributed by atoms with Gasteiger partial charge in [-0.05, 0) is 48.0 Å². The van der Waals surface area contributed by atoms with Crippen LogP contribution in [0, 0.1) is 11.3 Å². The maximum Gasteiger partial charge on any atom is 0.251 e. The highest BCUT2D eigenvalue weighted by Gasteiger charge is 2.08. The lowest BCUT2D eigenvalue weighted by atomic mass is 10.1. The second kappa shape index (κ2) is 11.7. The first-order valence-electron chi connectivity index (χ1n) is 10.9. The molecule has 0 unspecified atom stereocenters. The lowest BCUT2D eigenvalue weighted by molar-refractivity contribution is 0.0951. The van der Waals surface area contributed by atoms with Crippen LogP contribution in [0.25, 0.3) is 11.3 Å². The van der Waals surface area contributed by atoms with Crippen molar-refractivity contribution >= 4 is 33.6 Å². The number of nitrogens with zero attached hydrogens (tertiary/aromatic N) is 4. The van der Waals surface area contributed by atoms with Crippen LogP contribution >= 0.6 is 15.9 Å². The number of hydrogen-bond acceptors (Lipinski definition) is 7. The zero-order valence-electron chi connectivity index (χ0n) is 18.7. The lowest BCUT2D eigenvalue weighted by Crippen LogP contribution is -2.22. The van der Waals surface area contributed by atoms with Crippen LogP contribution in [0.3, 0.4) is 0 Å². The van der Waals surface area contributed by atoms with Gasteiger partial charge in [-0.15, -0.1) is 0 Å². The van der Waals surface area contributed by atoms with Gasteiger partial charge in [-0.1, -0.05) is 40.2 Å². The number of carbonyl (C=O) groups is 1. The number of rotatable bonds is 9. The molecule has 4 rings (SSSR count). The van der Waals surface area contributed by atoms with Crippen molar-refractivity contribution in [3.8, 4) is 17.3 Å². The molecular weight excluding hydrogens is 506 g/mol. The molecular formula is C26H22BrN7O. The molecule has 1 amide bonds. The third-order valence-electron chi connectivity index (χ3n) is 5.05. The van der Waals surface area contributed by atoms with Crippen LogP contribution in [-0.2, 0) is 6.54 Å². The number of pyridine rings is 1. The normalized spacial score (nSPS) is 10.3. The van der Waals surface area contributed by atoms with Gasteiger partial charge in [0.25, 0.3) is 5.91 Å². The van der Waals surface area contributed by atoms with Crippen LogP contribution in [0.2, 0.25) is 0 Å². The van der Waals surface area contributed by atoms with E-state index in [1.54, 1.807) is 30.5 Å². The Hall–Kier alpha value is -4.29. The minimum Gasteiger partial charge on any atom is -0.368 e. The third kappa shape index (κ3) is 6.85. The minimum atomic E-state index is -0.133. The van der Waals surface area contributed by atoms with Gasteiger partial charge in [-0.25, -0.2) is 15.0 Å². The Morgan fingerprint density at radius 2 is 1.80 bits per heavy atom. The third-order valence-corrected chi connectivity index (χ3v) is 5.54. The fourth-order valence-electron chi connectivity index (χ4n) is 3.26. The van der Waals surface area contributed by atoms with E-state index in [-0.39, 0.29) is 5.91 Å². The molecule has 35 heavy (non-hydrogen) atoms. The van der Waals surface area contributed by atoms with Gasteiger partial charge in [0.05, 0.1) is 11.3 Å². The summed E-state index contributed by atoms with van der Waals surface area (Å²) in [5, 5.41) is 18.1. The van der Waals surface area contributed by atoms with E-state index in [2.05, 4.69) is 46.8 Å². The maximum atomic E-state index is 12.5. The predicted octanol–water partition coefficient (Wildman–Crippen LogP) is 4.63. The molecule has 0 aliphatic heterocycles. The van der Waals surface area contributed by atoms with Crippen LogP contribution in [-0.4, -0.2) is 33.9 Å². The summed E-state index contributed by atoms with van der Waals surface area (Å²) >= 11 is 3.44. The van der Waals surface area contributed by atoms with Crippen molar-refractivity contribution in [3.63, 3.8) is 0 Å². The number of halogens is 1. The van der Waals surface area contributed by atoms with Crippen molar-refractivity contribution in [2.24, 2.45) is 0 Å². The molecule has 8 nitrogen and oxygen atoms in total. The highest BCUT2D eigenvalue weighted by molar-refractivity contribution is 9.10. The maximum absolute atomic E-state index is 12.5. The van der Waals surface area contributed by atoms with Gasteiger partial charge in [0, 0.05) is 47.6 Å². The molecule has 0 aliphatic rings. The Balaban J connectivity index is 1.29. The second-order valence-electron chi connectivity index (χ2n) is 7.55. The standard InChI is InChI=1S/C26H22BrN7O/c27-22-3-1-2-18(14-22)16-33-25(35)21-7-5-20(6-8-21)23-10-11-30-26(34-23)31-13-12-29-24-9-4-19(15-28)17-32-24/h1-11,14,17H,12-13,16H2,(H,29,32)(H,33,35)(H,30,31,34). The lowest BCUT2D eigenvalue weighted by Gasteiger charge is -2.09. The van der Waals surface area contributed by atoms with Crippen molar-refractivity contribution in [2.75, 3.05) is 23.7 Å². The first-order valence-corrected chi connectivity index (χ1v) is 11.7. The molecule has 0 spiro atoms. The van der Waals surface area contributed by atoms with Gasteiger partial charge >= 0.3 is 0 Å². The number of aromatic nitrogens is 3. The molecule has 2 heterocycles. The van der Waals surface area contributed by atoms with E-state index in [1.165, 1.54) is 6.20 Å². The number of nitriles is 1. The summed E-state index contributed by atoms with van der Waals surface area (Å²) in [7, 11) is 0. The minimum absolute atomic E-state index is 0.133. The van der Waals surface area contributed by atoms with Crippen molar-refractivity contribution < 1.29 is 4.79 Å². The van der Waals surface area contributed by atoms with Gasteiger partial charge in [0.15, 0.2) is 0 Å². The molecule has 0 radical (unpaired) electrons. The van der Waals surface area contributed by atoms with Gasteiger partial charge in [-0.2, -0.15) is 5.26 Å². The van der Waals surface area contributed by atoms with Crippen molar-refractivity contribution in [1.82, 2.24) is 20.3 Å². The fraction of sp³-hybridized carbons (Fsp3) is 0.115. The Bertz CT molecular complexity index is 1340. The fourth-order valence-corrected chi connectivity index (χ4v) is 3.70. The molecule has 2 aromatic carbocycles. The van der Waals surface area contributed by atoms with Gasteiger partial charge in [0.1, 0.15) is 11.9 Å². The van der Waals surface area contributed by atoms with Crippen LogP contribution in [0.4, 0.5) is 11.8 Å². The summed E-state index contributed by atoms with van der Waals surface area (Å²) < 4.78 is 0.979. The number of amides is 1. The van der Waals surface area contributed by atoms with Crippen molar-refractivity contribution in [3.05, 3.63) is 100 Å². The largest absolute Gasteiger partial charge is 0.368 e. The Kier molecular flexibility index (Phi) is 7.99. The summed E-state index contributed by atoms with van der Waals surface area (Å²) in [6.45, 7) is 1.65. The summed E-state index contributed by atoms with van der Waals surface area (Å²) in [6, 6.07) is 22.5. The molecule has 3 N–H and O–H groups in total. The number of carbonyl (C=O) groups excluding carboxylic acids is 1. The van der Waals surface area contributed by atoms with Gasteiger partial charge in [-0.3, -0.25) is 4.79 Å². The summed E-state index contributed by atoms with van der Waals surface area (Å²) in [4.78, 5) is 25.5.